The lowest BCUT2D eigenvalue weighted by Gasteiger charge is -1.95. The van der Waals surface area contributed by atoms with Crippen LogP contribution >= 0.6 is 23.4 Å². The predicted molar refractivity (Wildman–Crippen MR) is 75.4 cm³/mol. The van der Waals surface area contributed by atoms with Crippen LogP contribution in [0.4, 0.5) is 0 Å². The van der Waals surface area contributed by atoms with Crippen LogP contribution in [0.5, 0.6) is 0 Å². The van der Waals surface area contributed by atoms with Crippen LogP contribution < -0.4 is 0 Å². The Kier molecular flexibility index (Phi) is 3.70. The summed E-state index contributed by atoms with van der Waals surface area (Å²) in [4.78, 5) is 8.52. The maximum atomic E-state index is 5.85. The third-order valence-corrected chi connectivity index (χ3v) is 3.56. The van der Waals surface area contributed by atoms with E-state index in [1.807, 2.05) is 24.3 Å². The molecule has 8 heteroatoms. The number of hydrogen-bond donors (Lipinski definition) is 1. The summed E-state index contributed by atoms with van der Waals surface area (Å²) in [5.74, 6) is 2.42. The van der Waals surface area contributed by atoms with E-state index in [9.17, 15) is 0 Å². The van der Waals surface area contributed by atoms with Gasteiger partial charge in [-0.05, 0) is 31.2 Å². The van der Waals surface area contributed by atoms with Gasteiger partial charge in [0.05, 0.1) is 5.75 Å². The number of nitrogens with zero attached hydrogens (tertiary/aromatic N) is 4. The number of H-pyrrole nitrogens is 1. The van der Waals surface area contributed by atoms with Gasteiger partial charge < -0.3 is 4.52 Å². The van der Waals surface area contributed by atoms with Crippen LogP contribution in [0.2, 0.25) is 5.02 Å². The third-order valence-electron chi connectivity index (χ3n) is 2.48. The minimum Gasteiger partial charge on any atom is -0.338 e. The average Bonchev–Trinajstić information content (AvgIpc) is 3.06. The van der Waals surface area contributed by atoms with E-state index in [4.69, 9.17) is 16.1 Å². The Morgan fingerprint density at radius 3 is 2.75 bits per heavy atom. The molecule has 2 aromatic heterocycles. The highest BCUT2D eigenvalue weighted by Gasteiger charge is 2.09. The van der Waals surface area contributed by atoms with Gasteiger partial charge in [0.1, 0.15) is 0 Å². The van der Waals surface area contributed by atoms with E-state index < -0.39 is 0 Å². The smallest absolute Gasteiger partial charge is 0.237 e. The van der Waals surface area contributed by atoms with Gasteiger partial charge in [-0.2, -0.15) is 4.98 Å². The monoisotopic (exact) mass is 307 g/mol. The number of hydrogen-bond acceptors (Lipinski definition) is 6. The van der Waals surface area contributed by atoms with E-state index in [0.29, 0.717) is 33.5 Å². The van der Waals surface area contributed by atoms with Crippen molar-refractivity contribution in [2.24, 2.45) is 0 Å². The molecule has 6 nitrogen and oxygen atoms in total. The first-order valence-electron chi connectivity index (χ1n) is 5.81. The Labute approximate surface area is 124 Å². The second-order valence-corrected chi connectivity index (χ2v) is 5.38. The van der Waals surface area contributed by atoms with Crippen LogP contribution in [0.25, 0.3) is 11.4 Å². The summed E-state index contributed by atoms with van der Waals surface area (Å²) in [5, 5.41) is 12.1. The molecule has 0 atom stereocenters. The molecule has 0 saturated heterocycles. The number of thioether (sulfide) groups is 1. The number of nitrogens with one attached hydrogen (secondary N) is 1. The molecule has 20 heavy (non-hydrogen) atoms. The molecule has 0 aliphatic rings. The Morgan fingerprint density at radius 2 is 2.05 bits per heavy atom. The zero-order chi connectivity index (χ0) is 13.9. The first-order valence-corrected chi connectivity index (χ1v) is 7.17. The second-order valence-electron chi connectivity index (χ2n) is 4.00. The molecule has 1 aromatic carbocycles. The van der Waals surface area contributed by atoms with Gasteiger partial charge in [0.15, 0.2) is 11.6 Å². The van der Waals surface area contributed by atoms with Gasteiger partial charge in [-0.15, -0.1) is 5.10 Å². The van der Waals surface area contributed by atoms with Crippen LogP contribution in [0.1, 0.15) is 11.7 Å². The minimum atomic E-state index is 0.540. The van der Waals surface area contributed by atoms with E-state index in [-0.39, 0.29) is 0 Å². The van der Waals surface area contributed by atoms with E-state index >= 15 is 0 Å². The summed E-state index contributed by atoms with van der Waals surface area (Å²) < 4.78 is 5.03. The third kappa shape index (κ3) is 3.00. The molecule has 3 rings (SSSR count). The van der Waals surface area contributed by atoms with Crippen LogP contribution in [0.15, 0.2) is 33.9 Å². The van der Waals surface area contributed by atoms with E-state index in [1.165, 1.54) is 11.8 Å². The van der Waals surface area contributed by atoms with Crippen LogP contribution in [-0.4, -0.2) is 25.3 Å². The first-order chi connectivity index (χ1) is 9.70. The maximum Gasteiger partial charge on any atom is 0.237 e. The van der Waals surface area contributed by atoms with Crippen molar-refractivity contribution in [1.82, 2.24) is 25.3 Å². The number of halogens is 1. The molecule has 0 radical (unpaired) electrons. The topological polar surface area (TPSA) is 80.5 Å². The molecule has 2 heterocycles. The van der Waals surface area contributed by atoms with Gasteiger partial charge in [-0.1, -0.05) is 28.5 Å². The lowest BCUT2D eigenvalue weighted by Crippen LogP contribution is -1.82. The lowest BCUT2D eigenvalue weighted by atomic mass is 10.2. The van der Waals surface area contributed by atoms with Gasteiger partial charge in [-0.25, -0.2) is 4.98 Å². The number of aromatic amines is 1. The van der Waals surface area contributed by atoms with Crippen molar-refractivity contribution >= 4 is 23.4 Å². The van der Waals surface area contributed by atoms with E-state index in [0.717, 1.165) is 5.56 Å². The van der Waals surface area contributed by atoms with Gasteiger partial charge in [-0.3, -0.25) is 5.10 Å². The summed E-state index contributed by atoms with van der Waals surface area (Å²) in [6.45, 7) is 1.78. The highest BCUT2D eigenvalue weighted by Crippen LogP contribution is 2.22. The summed E-state index contributed by atoms with van der Waals surface area (Å²) in [5.41, 5.74) is 0.933. The molecular formula is C12H10ClN5OS. The summed E-state index contributed by atoms with van der Waals surface area (Å²) in [7, 11) is 0. The second kappa shape index (κ2) is 5.64. The van der Waals surface area contributed by atoms with Gasteiger partial charge in [0.25, 0.3) is 0 Å². The molecule has 0 aliphatic heterocycles. The molecular weight excluding hydrogens is 298 g/mol. The molecule has 0 fully saturated rings. The van der Waals surface area contributed by atoms with Crippen molar-refractivity contribution in [3.63, 3.8) is 0 Å². The largest absolute Gasteiger partial charge is 0.338 e. The van der Waals surface area contributed by atoms with E-state index in [2.05, 4.69) is 25.3 Å². The fraction of sp³-hybridized carbons (Fsp3) is 0.167. The van der Waals surface area contributed by atoms with Gasteiger partial charge in [0.2, 0.25) is 11.0 Å². The zero-order valence-electron chi connectivity index (χ0n) is 10.5. The van der Waals surface area contributed by atoms with Gasteiger partial charge in [0, 0.05) is 10.6 Å². The normalized spacial score (nSPS) is 10.9. The Morgan fingerprint density at radius 1 is 1.25 bits per heavy atom. The van der Waals surface area contributed by atoms with Crippen molar-refractivity contribution in [1.29, 1.82) is 0 Å². The Hall–Kier alpha value is -1.86. The van der Waals surface area contributed by atoms with E-state index in [1.54, 1.807) is 6.92 Å². The minimum absolute atomic E-state index is 0.540. The molecule has 0 unspecified atom stereocenters. The highest BCUT2D eigenvalue weighted by molar-refractivity contribution is 7.98. The molecule has 102 valence electrons. The summed E-state index contributed by atoms with van der Waals surface area (Å²) >= 11 is 7.28. The highest BCUT2D eigenvalue weighted by atomic mass is 35.5. The predicted octanol–water partition coefficient (Wildman–Crippen LogP) is 3.11. The zero-order valence-corrected chi connectivity index (χ0v) is 12.1. The molecule has 0 amide bonds. The molecule has 1 N–H and O–H groups in total. The summed E-state index contributed by atoms with van der Waals surface area (Å²) in [6.07, 6.45) is 0. The summed E-state index contributed by atoms with van der Waals surface area (Å²) in [6, 6.07) is 7.40. The quantitative estimate of drug-likeness (QED) is 0.746. The van der Waals surface area contributed by atoms with Crippen molar-refractivity contribution in [3.05, 3.63) is 41.0 Å². The van der Waals surface area contributed by atoms with Crippen molar-refractivity contribution in [2.45, 2.75) is 17.8 Å². The van der Waals surface area contributed by atoms with Gasteiger partial charge >= 0.3 is 0 Å². The van der Waals surface area contributed by atoms with Crippen LogP contribution in [0, 0.1) is 6.92 Å². The fourth-order valence-corrected chi connectivity index (χ4v) is 2.33. The molecule has 0 aliphatic carbocycles. The van der Waals surface area contributed by atoms with Crippen molar-refractivity contribution < 1.29 is 4.52 Å². The van der Waals surface area contributed by atoms with Crippen LogP contribution in [0.3, 0.4) is 0 Å². The number of aromatic nitrogens is 5. The molecule has 3 aromatic rings. The first kappa shape index (κ1) is 13.1. The average molecular weight is 308 g/mol. The SMILES string of the molecule is Cc1noc(CSc2n[nH]c(-c3ccc(Cl)cc3)n2)n1. The Bertz CT molecular complexity index is 709. The number of aryl methyl sites for hydroxylation is 1. The number of rotatable bonds is 4. The number of benzene rings is 1. The molecule has 0 spiro atoms. The molecule has 0 bridgehead atoms. The Balaban J connectivity index is 1.69. The maximum absolute atomic E-state index is 5.85. The molecule has 0 saturated carbocycles. The standard InChI is InChI=1S/C12H10ClN5OS/c1-7-14-10(19-18-7)6-20-12-15-11(16-17-12)8-2-4-9(13)5-3-8/h2-5H,6H2,1H3,(H,15,16,17). The lowest BCUT2D eigenvalue weighted by molar-refractivity contribution is 0.387. The van der Waals surface area contributed by atoms with Crippen molar-refractivity contribution in [2.75, 3.05) is 0 Å². The van der Waals surface area contributed by atoms with Crippen molar-refractivity contribution in [3.8, 4) is 11.4 Å². The fourth-order valence-electron chi connectivity index (χ4n) is 1.57. The van der Waals surface area contributed by atoms with Crippen LogP contribution in [-0.2, 0) is 5.75 Å².